The minimum Gasteiger partial charge on any atom is -0.452 e. The van der Waals surface area contributed by atoms with Crippen LogP contribution in [0.1, 0.15) is 35.9 Å². The third-order valence-electron chi connectivity index (χ3n) is 3.17. The Morgan fingerprint density at radius 2 is 2.24 bits per heavy atom. The Bertz CT molecular complexity index is 344. The molecule has 94 valence electrons. The summed E-state index contributed by atoms with van der Waals surface area (Å²) in [5.74, 6) is -0.177. The summed E-state index contributed by atoms with van der Waals surface area (Å²) in [4.78, 5) is 14.0. The van der Waals surface area contributed by atoms with Crippen molar-refractivity contribution in [3.05, 3.63) is 22.4 Å². The monoisotopic (exact) mass is 254 g/mol. The van der Waals surface area contributed by atoms with Crippen LogP contribution in [0.25, 0.3) is 0 Å². The van der Waals surface area contributed by atoms with Crippen LogP contribution in [0, 0.1) is 0 Å². The Labute approximate surface area is 106 Å². The number of hydrogen-bond acceptors (Lipinski definition) is 3. The molecule has 3 nitrogen and oxygen atoms in total. The highest BCUT2D eigenvalue weighted by Crippen LogP contribution is 2.10. The molecule has 0 aromatic carbocycles. The van der Waals surface area contributed by atoms with Crippen LogP contribution in [0.2, 0.25) is 0 Å². The maximum absolute atomic E-state index is 11.7. The third-order valence-corrected chi connectivity index (χ3v) is 4.02. The maximum Gasteiger partial charge on any atom is 0.348 e. The molecule has 0 spiro atoms. The van der Waals surface area contributed by atoms with Crippen LogP contribution in [0.15, 0.2) is 17.5 Å². The highest BCUT2D eigenvalue weighted by Gasteiger charge is 2.20. The molecule has 1 aromatic rings. The molecular formula is C13H20NO2S+. The van der Waals surface area contributed by atoms with Gasteiger partial charge in [-0.3, -0.25) is 0 Å². The number of carbonyl (C=O) groups is 1. The lowest BCUT2D eigenvalue weighted by Gasteiger charge is -2.25. The van der Waals surface area contributed by atoms with Crippen LogP contribution >= 0.6 is 11.3 Å². The quantitative estimate of drug-likeness (QED) is 0.823. The van der Waals surface area contributed by atoms with Crippen molar-refractivity contribution in [3.8, 4) is 0 Å². The molecular weight excluding hydrogens is 234 g/mol. The largest absolute Gasteiger partial charge is 0.452 e. The number of esters is 1. The molecule has 1 saturated heterocycles. The molecule has 1 aliphatic heterocycles. The first-order valence-corrected chi connectivity index (χ1v) is 7.22. The molecule has 0 amide bonds. The molecule has 2 heterocycles. The molecule has 2 rings (SSSR count). The number of carbonyl (C=O) groups excluding carboxylic acids is 1. The number of ether oxygens (including phenoxy) is 1. The topological polar surface area (TPSA) is 30.7 Å². The molecule has 0 radical (unpaired) electrons. The van der Waals surface area contributed by atoms with Crippen molar-refractivity contribution < 1.29 is 14.4 Å². The molecule has 0 bridgehead atoms. The van der Waals surface area contributed by atoms with Crippen molar-refractivity contribution in [2.45, 2.75) is 32.3 Å². The summed E-state index contributed by atoms with van der Waals surface area (Å²) in [6.07, 6.45) is 3.98. The van der Waals surface area contributed by atoms with Crippen molar-refractivity contribution in [1.29, 1.82) is 0 Å². The van der Waals surface area contributed by atoms with Gasteiger partial charge in [0.1, 0.15) is 17.5 Å². The minimum atomic E-state index is -0.177. The predicted octanol–water partition coefficient (Wildman–Crippen LogP) is 1.36. The molecule has 0 aliphatic carbocycles. The number of nitrogens with one attached hydrogen (secondary N) is 1. The van der Waals surface area contributed by atoms with E-state index in [1.54, 1.807) is 4.90 Å². The van der Waals surface area contributed by atoms with E-state index in [0.29, 0.717) is 4.88 Å². The number of piperidine rings is 1. The molecule has 1 atom stereocenters. The SMILES string of the molecule is CC(C[NH+]1CCCCC1)OC(=O)c1cccs1. The second kappa shape index (κ2) is 6.17. The predicted molar refractivity (Wildman–Crippen MR) is 68.6 cm³/mol. The summed E-state index contributed by atoms with van der Waals surface area (Å²) in [5, 5.41) is 1.90. The van der Waals surface area contributed by atoms with Crippen LogP contribution in [0.3, 0.4) is 0 Å². The van der Waals surface area contributed by atoms with E-state index in [1.165, 1.54) is 43.7 Å². The van der Waals surface area contributed by atoms with E-state index in [9.17, 15) is 4.79 Å². The fourth-order valence-corrected chi connectivity index (χ4v) is 2.94. The van der Waals surface area contributed by atoms with Crippen LogP contribution in [0.5, 0.6) is 0 Å². The summed E-state index contributed by atoms with van der Waals surface area (Å²) in [6, 6.07) is 3.69. The maximum atomic E-state index is 11.7. The van der Waals surface area contributed by atoms with Crippen LogP contribution in [-0.4, -0.2) is 31.7 Å². The Kier molecular flexibility index (Phi) is 4.57. The standard InChI is InChI=1S/C13H19NO2S/c1-11(10-14-7-3-2-4-8-14)16-13(15)12-6-5-9-17-12/h5-6,9,11H,2-4,7-8,10H2,1H3/p+1. The Morgan fingerprint density at radius 1 is 1.47 bits per heavy atom. The molecule has 1 fully saturated rings. The van der Waals surface area contributed by atoms with Crippen LogP contribution in [0.4, 0.5) is 0 Å². The smallest absolute Gasteiger partial charge is 0.348 e. The zero-order valence-corrected chi connectivity index (χ0v) is 11.1. The summed E-state index contributed by atoms with van der Waals surface area (Å²) in [7, 11) is 0. The number of rotatable bonds is 4. The number of thiophene rings is 1. The van der Waals surface area contributed by atoms with Crippen LogP contribution in [-0.2, 0) is 4.74 Å². The summed E-state index contributed by atoms with van der Waals surface area (Å²) in [6.45, 7) is 5.38. The number of hydrogen-bond donors (Lipinski definition) is 1. The summed E-state index contributed by atoms with van der Waals surface area (Å²) >= 11 is 1.44. The van der Waals surface area contributed by atoms with Crippen molar-refractivity contribution >= 4 is 17.3 Å². The van der Waals surface area contributed by atoms with Gasteiger partial charge in [-0.15, -0.1) is 11.3 Å². The van der Waals surface area contributed by atoms with Gasteiger partial charge in [0.2, 0.25) is 0 Å². The van der Waals surface area contributed by atoms with E-state index < -0.39 is 0 Å². The fraction of sp³-hybridized carbons (Fsp3) is 0.615. The zero-order chi connectivity index (χ0) is 12.1. The van der Waals surface area contributed by atoms with Gasteiger partial charge in [0.05, 0.1) is 13.1 Å². The van der Waals surface area contributed by atoms with E-state index in [1.807, 2.05) is 24.4 Å². The molecule has 17 heavy (non-hydrogen) atoms. The van der Waals surface area contributed by atoms with Gasteiger partial charge in [0.25, 0.3) is 0 Å². The first-order chi connectivity index (χ1) is 8.25. The van der Waals surface area contributed by atoms with Gasteiger partial charge in [0, 0.05) is 0 Å². The summed E-state index contributed by atoms with van der Waals surface area (Å²) < 4.78 is 5.45. The second-order valence-electron chi connectivity index (χ2n) is 4.71. The van der Waals surface area contributed by atoms with E-state index in [2.05, 4.69) is 0 Å². The van der Waals surface area contributed by atoms with Crippen molar-refractivity contribution in [3.63, 3.8) is 0 Å². The van der Waals surface area contributed by atoms with Gasteiger partial charge in [-0.2, -0.15) is 0 Å². The molecule has 1 aromatic heterocycles. The molecule has 0 saturated carbocycles. The van der Waals surface area contributed by atoms with Gasteiger partial charge in [-0.25, -0.2) is 4.79 Å². The molecule has 4 heteroatoms. The number of quaternary nitrogens is 1. The molecule has 1 N–H and O–H groups in total. The number of likely N-dealkylation sites (tertiary alicyclic amines) is 1. The Morgan fingerprint density at radius 3 is 2.88 bits per heavy atom. The first-order valence-electron chi connectivity index (χ1n) is 6.34. The Balaban J connectivity index is 1.76. The van der Waals surface area contributed by atoms with E-state index >= 15 is 0 Å². The van der Waals surface area contributed by atoms with Gasteiger partial charge in [-0.05, 0) is 37.6 Å². The van der Waals surface area contributed by atoms with Crippen molar-refractivity contribution in [1.82, 2.24) is 0 Å². The normalized spacial score (nSPS) is 18.9. The fourth-order valence-electron chi connectivity index (χ4n) is 2.34. The van der Waals surface area contributed by atoms with Gasteiger partial charge >= 0.3 is 5.97 Å². The zero-order valence-electron chi connectivity index (χ0n) is 10.3. The van der Waals surface area contributed by atoms with Crippen molar-refractivity contribution in [2.75, 3.05) is 19.6 Å². The van der Waals surface area contributed by atoms with E-state index in [0.717, 1.165) is 6.54 Å². The van der Waals surface area contributed by atoms with Gasteiger partial charge < -0.3 is 9.64 Å². The molecule has 1 unspecified atom stereocenters. The van der Waals surface area contributed by atoms with Crippen molar-refractivity contribution in [2.24, 2.45) is 0 Å². The van der Waals surface area contributed by atoms with Gasteiger partial charge in [0.15, 0.2) is 0 Å². The highest BCUT2D eigenvalue weighted by atomic mass is 32.1. The van der Waals surface area contributed by atoms with Crippen LogP contribution < -0.4 is 4.90 Å². The Hall–Kier alpha value is -0.870. The average molecular weight is 254 g/mol. The first kappa shape index (κ1) is 12.6. The lowest BCUT2D eigenvalue weighted by atomic mass is 10.1. The molecule has 1 aliphatic rings. The minimum absolute atomic E-state index is 0.0118. The summed E-state index contributed by atoms with van der Waals surface area (Å²) in [5.41, 5.74) is 0. The second-order valence-corrected chi connectivity index (χ2v) is 5.66. The third kappa shape index (κ3) is 3.82. The lowest BCUT2D eigenvalue weighted by Crippen LogP contribution is -3.13. The highest BCUT2D eigenvalue weighted by molar-refractivity contribution is 7.11. The van der Waals surface area contributed by atoms with Gasteiger partial charge in [-0.1, -0.05) is 6.07 Å². The van der Waals surface area contributed by atoms with E-state index in [-0.39, 0.29) is 12.1 Å². The lowest BCUT2D eigenvalue weighted by molar-refractivity contribution is -0.907. The average Bonchev–Trinajstić information content (AvgIpc) is 2.83. The van der Waals surface area contributed by atoms with E-state index in [4.69, 9.17) is 4.74 Å².